The molecule has 112 valence electrons. The summed E-state index contributed by atoms with van der Waals surface area (Å²) < 4.78 is 14.0. The van der Waals surface area contributed by atoms with E-state index in [1.54, 1.807) is 6.07 Å². The zero-order valence-corrected chi connectivity index (χ0v) is 12.2. The molecule has 0 aliphatic carbocycles. The predicted molar refractivity (Wildman–Crippen MR) is 78.3 cm³/mol. The third-order valence-corrected chi connectivity index (χ3v) is 3.56. The van der Waals surface area contributed by atoms with E-state index in [1.165, 1.54) is 12.1 Å². The Bertz CT molecular complexity index is 596. The molecule has 1 aromatic carbocycles. The number of hydrogen-bond acceptors (Lipinski definition) is 2. The SMILES string of the molecule is C=C1CC[C@H](NC(=O)c2ccc(C(C)C)cc2F)C(=O)N1. The van der Waals surface area contributed by atoms with Crippen molar-refractivity contribution in [3.05, 3.63) is 47.4 Å². The van der Waals surface area contributed by atoms with Crippen LogP contribution in [0.5, 0.6) is 0 Å². The molecule has 2 rings (SSSR count). The Morgan fingerprint density at radius 1 is 1.48 bits per heavy atom. The molecule has 2 amide bonds. The Hall–Kier alpha value is -2.17. The molecular weight excluding hydrogens is 271 g/mol. The molecule has 0 aromatic heterocycles. The molecule has 0 unspecified atom stereocenters. The molecule has 21 heavy (non-hydrogen) atoms. The molecule has 1 atom stereocenters. The van der Waals surface area contributed by atoms with Crippen molar-refractivity contribution < 1.29 is 14.0 Å². The molecule has 0 bridgehead atoms. The highest BCUT2D eigenvalue weighted by atomic mass is 19.1. The third kappa shape index (κ3) is 3.48. The fourth-order valence-electron chi connectivity index (χ4n) is 2.22. The minimum atomic E-state index is -0.646. The van der Waals surface area contributed by atoms with E-state index in [4.69, 9.17) is 0 Å². The fraction of sp³-hybridized carbons (Fsp3) is 0.375. The van der Waals surface area contributed by atoms with Crippen molar-refractivity contribution in [2.75, 3.05) is 0 Å². The lowest BCUT2D eigenvalue weighted by Crippen LogP contribution is -2.49. The van der Waals surface area contributed by atoms with Gasteiger partial charge < -0.3 is 10.6 Å². The van der Waals surface area contributed by atoms with Crippen LogP contribution in [0.1, 0.15) is 48.5 Å². The van der Waals surface area contributed by atoms with Crippen LogP contribution >= 0.6 is 0 Å². The van der Waals surface area contributed by atoms with Crippen molar-refractivity contribution in [1.82, 2.24) is 10.6 Å². The molecule has 1 fully saturated rings. The molecule has 1 aliphatic rings. The Balaban J connectivity index is 2.10. The summed E-state index contributed by atoms with van der Waals surface area (Å²) in [5, 5.41) is 5.15. The number of piperidine rings is 1. The van der Waals surface area contributed by atoms with Crippen molar-refractivity contribution in [2.24, 2.45) is 0 Å². The van der Waals surface area contributed by atoms with Crippen LogP contribution in [0.15, 0.2) is 30.5 Å². The summed E-state index contributed by atoms with van der Waals surface area (Å²) in [5.41, 5.74) is 1.42. The minimum absolute atomic E-state index is 0.0448. The summed E-state index contributed by atoms with van der Waals surface area (Å²) in [6, 6.07) is 3.90. The number of nitrogens with one attached hydrogen (secondary N) is 2. The van der Waals surface area contributed by atoms with Crippen LogP contribution in [0.2, 0.25) is 0 Å². The molecule has 0 spiro atoms. The van der Waals surface area contributed by atoms with E-state index in [9.17, 15) is 14.0 Å². The zero-order valence-electron chi connectivity index (χ0n) is 12.2. The van der Waals surface area contributed by atoms with Gasteiger partial charge in [-0.25, -0.2) is 4.39 Å². The number of rotatable bonds is 3. The maximum Gasteiger partial charge on any atom is 0.254 e. The lowest BCUT2D eigenvalue weighted by Gasteiger charge is -2.24. The lowest BCUT2D eigenvalue weighted by atomic mass is 10.0. The number of amides is 2. The van der Waals surface area contributed by atoms with E-state index in [1.807, 2.05) is 13.8 Å². The van der Waals surface area contributed by atoms with E-state index in [0.29, 0.717) is 18.5 Å². The number of halogens is 1. The van der Waals surface area contributed by atoms with Crippen LogP contribution in [0.4, 0.5) is 4.39 Å². The lowest BCUT2D eigenvalue weighted by molar-refractivity contribution is -0.123. The number of benzene rings is 1. The normalized spacial score (nSPS) is 18.6. The molecule has 2 N–H and O–H groups in total. The summed E-state index contributed by atoms with van der Waals surface area (Å²) in [4.78, 5) is 23.8. The first kappa shape index (κ1) is 15.2. The molecule has 1 aromatic rings. The maximum atomic E-state index is 14.0. The van der Waals surface area contributed by atoms with Gasteiger partial charge in [-0.1, -0.05) is 26.5 Å². The van der Waals surface area contributed by atoms with E-state index in [0.717, 1.165) is 5.56 Å². The van der Waals surface area contributed by atoms with Crippen LogP contribution in [0, 0.1) is 5.82 Å². The first-order chi connectivity index (χ1) is 9.88. The Morgan fingerprint density at radius 2 is 2.19 bits per heavy atom. The Kier molecular flexibility index (Phi) is 4.40. The second-order valence-corrected chi connectivity index (χ2v) is 5.55. The number of carbonyl (C=O) groups is 2. The van der Waals surface area contributed by atoms with Gasteiger partial charge in [0.05, 0.1) is 5.56 Å². The molecule has 1 saturated heterocycles. The summed E-state index contributed by atoms with van der Waals surface area (Å²) in [6.07, 6.45) is 1.08. The van der Waals surface area contributed by atoms with Crippen molar-refractivity contribution in [3.63, 3.8) is 0 Å². The van der Waals surface area contributed by atoms with Gasteiger partial charge in [-0.05, 0) is 36.5 Å². The monoisotopic (exact) mass is 290 g/mol. The van der Waals surface area contributed by atoms with E-state index >= 15 is 0 Å². The molecular formula is C16H19FN2O2. The minimum Gasteiger partial charge on any atom is -0.340 e. The topological polar surface area (TPSA) is 58.2 Å². The average molecular weight is 290 g/mol. The van der Waals surface area contributed by atoms with Gasteiger partial charge in [0.15, 0.2) is 0 Å². The predicted octanol–water partition coefficient (Wildman–Crippen LogP) is 2.47. The highest BCUT2D eigenvalue weighted by molar-refractivity contribution is 5.98. The second-order valence-electron chi connectivity index (χ2n) is 5.55. The van der Waals surface area contributed by atoms with Crippen LogP contribution in [-0.2, 0) is 4.79 Å². The van der Waals surface area contributed by atoms with Gasteiger partial charge in [-0.2, -0.15) is 0 Å². The second kappa shape index (κ2) is 6.08. The van der Waals surface area contributed by atoms with Gasteiger partial charge in [-0.15, -0.1) is 0 Å². The smallest absolute Gasteiger partial charge is 0.254 e. The van der Waals surface area contributed by atoms with Crippen molar-refractivity contribution in [1.29, 1.82) is 0 Å². The average Bonchev–Trinajstić information content (AvgIpc) is 2.41. The third-order valence-electron chi connectivity index (χ3n) is 3.56. The Labute approximate surface area is 123 Å². The largest absolute Gasteiger partial charge is 0.340 e. The van der Waals surface area contributed by atoms with E-state index < -0.39 is 17.8 Å². The molecule has 0 radical (unpaired) electrons. The van der Waals surface area contributed by atoms with Gasteiger partial charge in [0, 0.05) is 5.70 Å². The van der Waals surface area contributed by atoms with Gasteiger partial charge in [0.25, 0.3) is 5.91 Å². The number of allylic oxidation sites excluding steroid dienone is 1. The van der Waals surface area contributed by atoms with Crippen molar-refractivity contribution >= 4 is 11.8 Å². The van der Waals surface area contributed by atoms with Gasteiger partial charge in [-0.3, -0.25) is 9.59 Å². The Morgan fingerprint density at radius 3 is 2.76 bits per heavy atom. The fourth-order valence-corrected chi connectivity index (χ4v) is 2.22. The van der Waals surface area contributed by atoms with Crippen LogP contribution in [0.25, 0.3) is 0 Å². The maximum absolute atomic E-state index is 14.0. The number of hydrogen-bond donors (Lipinski definition) is 2. The van der Waals surface area contributed by atoms with Crippen molar-refractivity contribution in [3.8, 4) is 0 Å². The van der Waals surface area contributed by atoms with Gasteiger partial charge in [0.1, 0.15) is 11.9 Å². The summed E-state index contributed by atoms with van der Waals surface area (Å²) >= 11 is 0. The molecule has 1 heterocycles. The van der Waals surface area contributed by atoms with Gasteiger partial charge >= 0.3 is 0 Å². The summed E-state index contributed by atoms with van der Waals surface area (Å²) in [7, 11) is 0. The molecule has 1 aliphatic heterocycles. The quantitative estimate of drug-likeness (QED) is 0.898. The first-order valence-corrected chi connectivity index (χ1v) is 6.97. The van der Waals surface area contributed by atoms with Crippen LogP contribution in [-0.4, -0.2) is 17.9 Å². The zero-order chi connectivity index (χ0) is 15.6. The van der Waals surface area contributed by atoms with Crippen molar-refractivity contribution in [2.45, 2.75) is 38.6 Å². The molecule has 5 heteroatoms. The van der Waals surface area contributed by atoms with E-state index in [-0.39, 0.29) is 17.4 Å². The van der Waals surface area contributed by atoms with Gasteiger partial charge in [0.2, 0.25) is 5.91 Å². The number of carbonyl (C=O) groups excluding carboxylic acids is 2. The first-order valence-electron chi connectivity index (χ1n) is 6.97. The molecule has 4 nitrogen and oxygen atoms in total. The highest BCUT2D eigenvalue weighted by Crippen LogP contribution is 2.18. The summed E-state index contributed by atoms with van der Waals surface area (Å²) in [5.74, 6) is -1.26. The molecule has 0 saturated carbocycles. The van der Waals surface area contributed by atoms with Crippen LogP contribution < -0.4 is 10.6 Å². The summed E-state index contributed by atoms with van der Waals surface area (Å²) in [6.45, 7) is 7.58. The van der Waals surface area contributed by atoms with E-state index in [2.05, 4.69) is 17.2 Å². The van der Waals surface area contributed by atoms with Crippen LogP contribution in [0.3, 0.4) is 0 Å². The standard InChI is InChI=1S/C16H19FN2O2/c1-9(2)11-5-6-12(13(17)8-11)15(20)19-14-7-4-10(3)18-16(14)21/h5-6,8-9,14H,3-4,7H2,1-2H3,(H,18,21)(H,19,20)/t14-/m0/s1. The highest BCUT2D eigenvalue weighted by Gasteiger charge is 2.26.